The van der Waals surface area contributed by atoms with E-state index in [1.54, 1.807) is 11.8 Å². The van der Waals surface area contributed by atoms with E-state index in [-0.39, 0.29) is 24.5 Å². The Kier molecular flexibility index (Phi) is 5.52. The number of cyclic esters (lactones) is 1. The van der Waals surface area contributed by atoms with Gasteiger partial charge in [-0.15, -0.1) is 0 Å². The molecule has 1 aliphatic heterocycles. The number of hydrogen-bond donors (Lipinski definition) is 2. The Morgan fingerprint density at radius 1 is 1.48 bits per heavy atom. The standard InChI is InChI=1S/C18H24N4O3/c1-12(2)18(4,11-19)21-16(23)10-20-14-6-5-13(3)15(9-14)22-7-8-25-17(22)24/h5-6,9,12,20H,7-8,10H2,1-4H3,(H,21,23)/t18-/m1/s1. The molecule has 1 aliphatic rings. The lowest BCUT2D eigenvalue weighted by Gasteiger charge is -2.27. The van der Waals surface area contributed by atoms with Crippen molar-refractivity contribution in [1.29, 1.82) is 5.26 Å². The van der Waals surface area contributed by atoms with Crippen LogP contribution in [0, 0.1) is 24.2 Å². The summed E-state index contributed by atoms with van der Waals surface area (Å²) in [5.41, 5.74) is 1.53. The van der Waals surface area contributed by atoms with Crippen molar-refractivity contribution in [3.8, 4) is 6.07 Å². The number of nitrogens with zero attached hydrogens (tertiary/aromatic N) is 2. The maximum Gasteiger partial charge on any atom is 0.414 e. The number of nitriles is 1. The molecule has 1 saturated heterocycles. The lowest BCUT2D eigenvalue weighted by molar-refractivity contribution is -0.121. The molecule has 7 nitrogen and oxygen atoms in total. The Morgan fingerprint density at radius 3 is 2.76 bits per heavy atom. The quantitative estimate of drug-likeness (QED) is 0.826. The largest absolute Gasteiger partial charge is 0.447 e. The molecule has 0 spiro atoms. The predicted molar refractivity (Wildman–Crippen MR) is 95.4 cm³/mol. The van der Waals surface area contributed by atoms with Crippen LogP contribution in [0.5, 0.6) is 0 Å². The van der Waals surface area contributed by atoms with Gasteiger partial charge in [0.1, 0.15) is 12.1 Å². The maximum atomic E-state index is 12.1. The Morgan fingerprint density at radius 2 is 2.20 bits per heavy atom. The van der Waals surface area contributed by atoms with Crippen LogP contribution in [0.1, 0.15) is 26.3 Å². The molecular formula is C18H24N4O3. The Labute approximate surface area is 147 Å². The van der Waals surface area contributed by atoms with Gasteiger partial charge in [0.05, 0.1) is 24.8 Å². The highest BCUT2D eigenvalue weighted by molar-refractivity contribution is 5.91. The monoisotopic (exact) mass is 344 g/mol. The van der Waals surface area contributed by atoms with Crippen molar-refractivity contribution in [2.24, 2.45) is 5.92 Å². The van der Waals surface area contributed by atoms with Gasteiger partial charge in [-0.05, 0) is 37.5 Å². The van der Waals surface area contributed by atoms with Gasteiger partial charge in [-0.1, -0.05) is 19.9 Å². The van der Waals surface area contributed by atoms with Crippen molar-refractivity contribution >= 4 is 23.4 Å². The van der Waals surface area contributed by atoms with E-state index in [1.807, 2.05) is 39.0 Å². The lowest BCUT2D eigenvalue weighted by atomic mass is 9.90. The zero-order valence-electron chi connectivity index (χ0n) is 15.0. The molecule has 1 heterocycles. The summed E-state index contributed by atoms with van der Waals surface area (Å²) < 4.78 is 4.97. The second-order valence-corrected chi connectivity index (χ2v) is 6.64. The van der Waals surface area contributed by atoms with Crippen LogP contribution in [0.3, 0.4) is 0 Å². The smallest absolute Gasteiger partial charge is 0.414 e. The number of nitrogens with one attached hydrogen (secondary N) is 2. The van der Waals surface area contributed by atoms with Gasteiger partial charge < -0.3 is 15.4 Å². The third kappa shape index (κ3) is 4.21. The first-order valence-electron chi connectivity index (χ1n) is 8.28. The van der Waals surface area contributed by atoms with Crippen LogP contribution < -0.4 is 15.5 Å². The van der Waals surface area contributed by atoms with Gasteiger partial charge in [-0.3, -0.25) is 9.69 Å². The lowest BCUT2D eigenvalue weighted by Crippen LogP contribution is -2.50. The average Bonchev–Trinajstić information content (AvgIpc) is 2.99. The summed E-state index contributed by atoms with van der Waals surface area (Å²) in [4.78, 5) is 25.5. The number of benzene rings is 1. The van der Waals surface area contributed by atoms with Crippen molar-refractivity contribution in [3.63, 3.8) is 0 Å². The van der Waals surface area contributed by atoms with E-state index in [1.165, 1.54) is 0 Å². The van der Waals surface area contributed by atoms with E-state index in [4.69, 9.17) is 4.74 Å². The third-order valence-electron chi connectivity index (χ3n) is 4.50. The normalized spacial score (nSPS) is 16.2. The molecule has 1 aromatic carbocycles. The number of anilines is 2. The van der Waals surface area contributed by atoms with Crippen LogP contribution in [0.15, 0.2) is 18.2 Å². The number of rotatable bonds is 6. The minimum absolute atomic E-state index is 0.00592. The maximum absolute atomic E-state index is 12.1. The molecule has 1 aromatic rings. The van der Waals surface area contributed by atoms with E-state index < -0.39 is 5.54 Å². The van der Waals surface area contributed by atoms with Gasteiger partial charge in [0, 0.05) is 5.69 Å². The fourth-order valence-corrected chi connectivity index (χ4v) is 2.44. The van der Waals surface area contributed by atoms with E-state index in [9.17, 15) is 14.9 Å². The van der Waals surface area contributed by atoms with Crippen LogP contribution in [-0.2, 0) is 9.53 Å². The zero-order chi connectivity index (χ0) is 18.6. The number of amides is 2. The summed E-state index contributed by atoms with van der Waals surface area (Å²) in [6.45, 7) is 8.32. The van der Waals surface area contributed by atoms with Gasteiger partial charge in [-0.25, -0.2) is 4.79 Å². The van der Waals surface area contributed by atoms with Crippen LogP contribution in [0.4, 0.5) is 16.2 Å². The zero-order valence-corrected chi connectivity index (χ0v) is 15.0. The fourth-order valence-electron chi connectivity index (χ4n) is 2.44. The molecule has 25 heavy (non-hydrogen) atoms. The minimum Gasteiger partial charge on any atom is -0.447 e. The molecule has 2 amide bonds. The number of aryl methyl sites for hydroxylation is 1. The second kappa shape index (κ2) is 7.43. The van der Waals surface area contributed by atoms with Gasteiger partial charge >= 0.3 is 6.09 Å². The van der Waals surface area contributed by atoms with Gasteiger partial charge in [0.25, 0.3) is 0 Å². The Balaban J connectivity index is 2.03. The van der Waals surface area contributed by atoms with E-state index in [0.717, 1.165) is 16.9 Å². The molecule has 0 aliphatic carbocycles. The summed E-state index contributed by atoms with van der Waals surface area (Å²) in [5.74, 6) is -0.269. The van der Waals surface area contributed by atoms with Crippen molar-refractivity contribution in [2.75, 3.05) is 29.9 Å². The van der Waals surface area contributed by atoms with E-state index >= 15 is 0 Å². The van der Waals surface area contributed by atoms with Crippen LogP contribution in [-0.4, -0.2) is 37.2 Å². The molecule has 2 N–H and O–H groups in total. The molecule has 1 atom stereocenters. The topological polar surface area (TPSA) is 94.5 Å². The molecule has 0 unspecified atom stereocenters. The van der Waals surface area contributed by atoms with Crippen LogP contribution in [0.25, 0.3) is 0 Å². The summed E-state index contributed by atoms with van der Waals surface area (Å²) in [6.07, 6.45) is -0.361. The molecule has 0 aromatic heterocycles. The van der Waals surface area contributed by atoms with Gasteiger partial charge in [-0.2, -0.15) is 5.26 Å². The van der Waals surface area contributed by atoms with Crippen molar-refractivity contribution < 1.29 is 14.3 Å². The van der Waals surface area contributed by atoms with E-state index in [2.05, 4.69) is 16.7 Å². The molecule has 7 heteroatoms. The highest BCUT2D eigenvalue weighted by Crippen LogP contribution is 2.26. The summed E-state index contributed by atoms with van der Waals surface area (Å²) in [6, 6.07) is 7.70. The predicted octanol–water partition coefficient (Wildman–Crippen LogP) is 2.42. The van der Waals surface area contributed by atoms with Gasteiger partial charge in [0.2, 0.25) is 5.91 Å². The highest BCUT2D eigenvalue weighted by atomic mass is 16.6. The minimum atomic E-state index is -0.906. The fraction of sp³-hybridized carbons (Fsp3) is 0.500. The highest BCUT2D eigenvalue weighted by Gasteiger charge is 2.30. The Hall–Kier alpha value is -2.75. The average molecular weight is 344 g/mol. The third-order valence-corrected chi connectivity index (χ3v) is 4.50. The number of carbonyl (C=O) groups excluding carboxylic acids is 2. The first-order chi connectivity index (χ1) is 11.8. The van der Waals surface area contributed by atoms with E-state index in [0.29, 0.717) is 13.2 Å². The van der Waals surface area contributed by atoms with Crippen molar-refractivity contribution in [3.05, 3.63) is 23.8 Å². The molecule has 0 saturated carbocycles. The Bertz CT molecular complexity index is 711. The molecule has 0 bridgehead atoms. The summed E-state index contributed by atoms with van der Waals surface area (Å²) >= 11 is 0. The second-order valence-electron chi connectivity index (χ2n) is 6.64. The van der Waals surface area contributed by atoms with Crippen LogP contribution in [0.2, 0.25) is 0 Å². The molecule has 2 rings (SSSR count). The van der Waals surface area contributed by atoms with Crippen molar-refractivity contribution in [2.45, 2.75) is 33.2 Å². The SMILES string of the molecule is Cc1ccc(NCC(=O)N[C@](C)(C#N)C(C)C)cc1N1CCOC1=O. The first kappa shape index (κ1) is 18.6. The molecular weight excluding hydrogens is 320 g/mol. The summed E-state index contributed by atoms with van der Waals surface area (Å²) in [7, 11) is 0. The van der Waals surface area contributed by atoms with Crippen LogP contribution >= 0.6 is 0 Å². The molecule has 134 valence electrons. The van der Waals surface area contributed by atoms with Gasteiger partial charge in [0.15, 0.2) is 0 Å². The first-order valence-corrected chi connectivity index (χ1v) is 8.28. The summed E-state index contributed by atoms with van der Waals surface area (Å²) in [5, 5.41) is 15.1. The molecule has 1 fully saturated rings. The molecule has 0 radical (unpaired) electrons. The van der Waals surface area contributed by atoms with Crippen molar-refractivity contribution in [1.82, 2.24) is 5.32 Å². The number of carbonyl (C=O) groups is 2. The number of ether oxygens (including phenoxy) is 1. The number of hydrogen-bond acceptors (Lipinski definition) is 5.